The maximum Gasteiger partial charge on any atom is 0.267 e. The topological polar surface area (TPSA) is 56.1 Å². The van der Waals surface area contributed by atoms with Crippen LogP contribution in [-0.2, 0) is 4.79 Å². The van der Waals surface area contributed by atoms with Crippen molar-refractivity contribution >= 4 is 23.2 Å². The molecule has 0 bridgehead atoms. The molecule has 0 aliphatic heterocycles. The zero-order valence-corrected chi connectivity index (χ0v) is 14.1. The van der Waals surface area contributed by atoms with Gasteiger partial charge in [-0.1, -0.05) is 31.5 Å². The van der Waals surface area contributed by atoms with Crippen molar-refractivity contribution in [1.29, 1.82) is 5.26 Å². The first-order valence-corrected chi connectivity index (χ1v) is 7.83. The van der Waals surface area contributed by atoms with Crippen LogP contribution in [0.1, 0.15) is 32.3 Å². The van der Waals surface area contributed by atoms with E-state index in [2.05, 4.69) is 19.2 Å². The fourth-order valence-corrected chi connectivity index (χ4v) is 2.23. The third-order valence-electron chi connectivity index (χ3n) is 3.15. The predicted octanol–water partition coefficient (Wildman–Crippen LogP) is 4.12. The normalized spacial score (nSPS) is 11.0. The summed E-state index contributed by atoms with van der Waals surface area (Å²) < 4.78 is 0. The van der Waals surface area contributed by atoms with Gasteiger partial charge >= 0.3 is 0 Å². The Bertz CT molecular complexity index is 584. The van der Waals surface area contributed by atoms with Gasteiger partial charge in [0.15, 0.2) is 0 Å². The SMILES string of the molecule is CCCN(/C=C(/C#N)C(=O)Nc1cc(Cl)ccc1C)CCC. The zero-order chi connectivity index (χ0) is 16.5. The molecule has 0 heterocycles. The summed E-state index contributed by atoms with van der Waals surface area (Å²) in [5.41, 5.74) is 1.62. The molecule has 0 radical (unpaired) electrons. The summed E-state index contributed by atoms with van der Waals surface area (Å²) in [5.74, 6) is -0.412. The fourth-order valence-electron chi connectivity index (χ4n) is 2.05. The van der Waals surface area contributed by atoms with Crippen molar-refractivity contribution in [3.8, 4) is 6.07 Å². The highest BCUT2D eigenvalue weighted by Crippen LogP contribution is 2.20. The van der Waals surface area contributed by atoms with E-state index in [9.17, 15) is 10.1 Å². The lowest BCUT2D eigenvalue weighted by molar-refractivity contribution is -0.112. The maximum atomic E-state index is 12.3. The molecular formula is C17H22ClN3O. The number of amides is 1. The second-order valence-corrected chi connectivity index (χ2v) is 5.54. The van der Waals surface area contributed by atoms with Crippen molar-refractivity contribution in [3.05, 3.63) is 40.6 Å². The van der Waals surface area contributed by atoms with Gasteiger partial charge in [0, 0.05) is 30.0 Å². The van der Waals surface area contributed by atoms with Gasteiger partial charge in [0.2, 0.25) is 0 Å². The van der Waals surface area contributed by atoms with E-state index in [1.54, 1.807) is 18.3 Å². The smallest absolute Gasteiger partial charge is 0.267 e. The molecule has 1 aromatic carbocycles. The first-order valence-electron chi connectivity index (χ1n) is 7.45. The highest BCUT2D eigenvalue weighted by atomic mass is 35.5. The molecule has 0 unspecified atom stereocenters. The van der Waals surface area contributed by atoms with Gasteiger partial charge in [-0.3, -0.25) is 4.79 Å². The molecule has 0 aromatic heterocycles. The van der Waals surface area contributed by atoms with Crippen LogP contribution in [0.3, 0.4) is 0 Å². The van der Waals surface area contributed by atoms with Gasteiger partial charge in [-0.25, -0.2) is 0 Å². The Morgan fingerprint density at radius 2 is 2.00 bits per heavy atom. The summed E-state index contributed by atoms with van der Waals surface area (Å²) in [7, 11) is 0. The van der Waals surface area contributed by atoms with Gasteiger partial charge in [-0.15, -0.1) is 0 Å². The summed E-state index contributed by atoms with van der Waals surface area (Å²) in [6, 6.07) is 7.25. The number of nitriles is 1. The van der Waals surface area contributed by atoms with Crippen molar-refractivity contribution < 1.29 is 4.79 Å². The van der Waals surface area contributed by atoms with Crippen LogP contribution in [-0.4, -0.2) is 23.9 Å². The molecule has 5 heteroatoms. The zero-order valence-electron chi connectivity index (χ0n) is 13.3. The van der Waals surface area contributed by atoms with Crippen LogP contribution in [0.15, 0.2) is 30.0 Å². The summed E-state index contributed by atoms with van der Waals surface area (Å²) in [5, 5.41) is 12.5. The molecule has 118 valence electrons. The second-order valence-electron chi connectivity index (χ2n) is 5.10. The summed E-state index contributed by atoms with van der Waals surface area (Å²) in [4.78, 5) is 14.3. The largest absolute Gasteiger partial charge is 0.376 e. The third kappa shape index (κ3) is 5.42. The standard InChI is InChI=1S/C17H22ClN3O/c1-4-8-21(9-5-2)12-14(11-19)17(22)20-16-10-15(18)7-6-13(16)3/h6-7,10,12H,4-5,8-9H2,1-3H3,(H,20,22)/b14-12-. The van der Waals surface area contributed by atoms with Crippen LogP contribution in [0.25, 0.3) is 0 Å². The molecule has 0 atom stereocenters. The van der Waals surface area contributed by atoms with Crippen molar-refractivity contribution in [2.75, 3.05) is 18.4 Å². The highest BCUT2D eigenvalue weighted by Gasteiger charge is 2.12. The Balaban J connectivity index is 2.92. The lowest BCUT2D eigenvalue weighted by Crippen LogP contribution is -2.23. The Kier molecular flexibility index (Phi) is 7.48. The van der Waals surface area contributed by atoms with Crippen LogP contribution in [0, 0.1) is 18.3 Å². The van der Waals surface area contributed by atoms with Crippen molar-refractivity contribution in [3.63, 3.8) is 0 Å². The Hall–Kier alpha value is -1.99. The van der Waals surface area contributed by atoms with E-state index < -0.39 is 5.91 Å². The Morgan fingerprint density at radius 3 is 2.55 bits per heavy atom. The lowest BCUT2D eigenvalue weighted by Gasteiger charge is -2.19. The molecule has 1 N–H and O–H groups in total. The Morgan fingerprint density at radius 1 is 1.36 bits per heavy atom. The molecule has 1 aromatic rings. The number of aryl methyl sites for hydroxylation is 1. The van der Waals surface area contributed by atoms with Crippen LogP contribution < -0.4 is 5.32 Å². The summed E-state index contributed by atoms with van der Waals surface area (Å²) >= 11 is 5.94. The van der Waals surface area contributed by atoms with Gasteiger partial charge in [0.05, 0.1) is 0 Å². The van der Waals surface area contributed by atoms with E-state index in [1.807, 2.05) is 24.0 Å². The second kappa shape index (κ2) is 9.11. The number of hydrogen-bond acceptors (Lipinski definition) is 3. The number of halogens is 1. The minimum Gasteiger partial charge on any atom is -0.376 e. The number of rotatable bonds is 7. The molecule has 1 rings (SSSR count). The van der Waals surface area contributed by atoms with E-state index in [4.69, 9.17) is 11.6 Å². The monoisotopic (exact) mass is 319 g/mol. The number of nitrogens with one attached hydrogen (secondary N) is 1. The van der Waals surface area contributed by atoms with Crippen LogP contribution in [0.5, 0.6) is 0 Å². The van der Waals surface area contributed by atoms with E-state index in [0.29, 0.717) is 10.7 Å². The van der Waals surface area contributed by atoms with Gasteiger partial charge in [-0.05, 0) is 37.5 Å². The summed E-state index contributed by atoms with van der Waals surface area (Å²) in [6.07, 6.45) is 3.57. The molecule has 22 heavy (non-hydrogen) atoms. The number of nitrogens with zero attached hydrogens (tertiary/aromatic N) is 2. The van der Waals surface area contributed by atoms with Gasteiger partial charge in [0.1, 0.15) is 11.6 Å². The average Bonchev–Trinajstić information content (AvgIpc) is 2.48. The minimum absolute atomic E-state index is 0.0984. The average molecular weight is 320 g/mol. The number of carbonyl (C=O) groups is 1. The molecular weight excluding hydrogens is 298 g/mol. The van der Waals surface area contributed by atoms with Crippen LogP contribution >= 0.6 is 11.6 Å². The van der Waals surface area contributed by atoms with Crippen molar-refractivity contribution in [2.45, 2.75) is 33.6 Å². The van der Waals surface area contributed by atoms with Crippen molar-refractivity contribution in [2.24, 2.45) is 0 Å². The molecule has 0 fully saturated rings. The molecule has 0 saturated carbocycles. The minimum atomic E-state index is -0.412. The van der Waals surface area contributed by atoms with E-state index in [-0.39, 0.29) is 5.57 Å². The van der Waals surface area contributed by atoms with Gasteiger partial charge in [-0.2, -0.15) is 5.26 Å². The lowest BCUT2D eigenvalue weighted by atomic mass is 10.2. The Labute approximate surface area is 137 Å². The highest BCUT2D eigenvalue weighted by molar-refractivity contribution is 6.31. The maximum absolute atomic E-state index is 12.3. The molecule has 0 aliphatic carbocycles. The first kappa shape index (κ1) is 18.1. The number of anilines is 1. The molecule has 0 aliphatic rings. The molecule has 1 amide bonds. The number of benzene rings is 1. The molecule has 0 spiro atoms. The quantitative estimate of drug-likeness (QED) is 0.607. The van der Waals surface area contributed by atoms with E-state index >= 15 is 0 Å². The predicted molar refractivity (Wildman–Crippen MR) is 90.7 cm³/mol. The molecule has 4 nitrogen and oxygen atoms in total. The fraction of sp³-hybridized carbons (Fsp3) is 0.412. The van der Waals surface area contributed by atoms with Gasteiger partial charge < -0.3 is 10.2 Å². The van der Waals surface area contributed by atoms with Crippen LogP contribution in [0.2, 0.25) is 5.02 Å². The summed E-state index contributed by atoms with van der Waals surface area (Å²) in [6.45, 7) is 7.66. The van der Waals surface area contributed by atoms with Crippen LogP contribution in [0.4, 0.5) is 5.69 Å². The third-order valence-corrected chi connectivity index (χ3v) is 3.38. The van der Waals surface area contributed by atoms with E-state index in [1.165, 1.54) is 0 Å². The van der Waals surface area contributed by atoms with Gasteiger partial charge in [0.25, 0.3) is 5.91 Å². The molecule has 0 saturated heterocycles. The van der Waals surface area contributed by atoms with Crippen molar-refractivity contribution in [1.82, 2.24) is 4.90 Å². The number of hydrogen-bond donors (Lipinski definition) is 1. The van der Waals surface area contributed by atoms with E-state index in [0.717, 1.165) is 31.5 Å². The first-order chi connectivity index (χ1) is 10.5. The number of carbonyl (C=O) groups excluding carboxylic acids is 1.